The highest BCUT2D eigenvalue weighted by Gasteiger charge is 2.39. The molecule has 2 aromatic carbocycles. The maximum atomic E-state index is 12.2. The van der Waals surface area contributed by atoms with Gasteiger partial charge in [-0.05, 0) is 48.7 Å². The zero-order valence-corrected chi connectivity index (χ0v) is 14.0. The summed E-state index contributed by atoms with van der Waals surface area (Å²) in [5.41, 5.74) is 0.443. The third kappa shape index (κ3) is 2.80. The molecule has 118 valence electrons. The second-order valence-corrected chi connectivity index (χ2v) is 6.12. The number of carbonyl (C=O) groups is 1. The molecule has 0 bridgehead atoms. The average Bonchev–Trinajstić information content (AvgIpc) is 2.53. The van der Waals surface area contributed by atoms with Crippen LogP contribution in [0.2, 0.25) is 0 Å². The summed E-state index contributed by atoms with van der Waals surface area (Å²) in [6.45, 7) is 5.95. The molecule has 0 saturated carbocycles. The van der Waals surface area contributed by atoms with Gasteiger partial charge >= 0.3 is 5.97 Å². The molecule has 0 amide bonds. The summed E-state index contributed by atoms with van der Waals surface area (Å²) in [6, 6.07) is 12.3. The van der Waals surface area contributed by atoms with Crippen molar-refractivity contribution in [3.63, 3.8) is 0 Å². The smallest absolute Gasteiger partial charge is 0.311 e. The van der Waals surface area contributed by atoms with E-state index in [-0.39, 0.29) is 11.9 Å². The van der Waals surface area contributed by atoms with E-state index in [0.29, 0.717) is 0 Å². The van der Waals surface area contributed by atoms with Gasteiger partial charge in [0.05, 0.1) is 19.6 Å². The Bertz CT molecular complexity index is 673. The molecular formula is C19H24O3. The molecule has 0 heterocycles. The molecule has 3 heteroatoms. The van der Waals surface area contributed by atoms with Crippen LogP contribution in [-0.2, 0) is 9.53 Å². The van der Waals surface area contributed by atoms with E-state index in [4.69, 9.17) is 9.47 Å². The van der Waals surface area contributed by atoms with Crippen molar-refractivity contribution < 1.29 is 14.3 Å². The number of esters is 1. The van der Waals surface area contributed by atoms with Crippen molar-refractivity contribution in [1.29, 1.82) is 0 Å². The zero-order valence-electron chi connectivity index (χ0n) is 14.0. The second kappa shape index (κ2) is 6.39. The Balaban J connectivity index is 2.61. The minimum absolute atomic E-state index is 0.0273. The minimum atomic E-state index is -0.612. The molecule has 0 aliphatic heterocycles. The Morgan fingerprint density at radius 1 is 1.14 bits per heavy atom. The van der Waals surface area contributed by atoms with Crippen LogP contribution in [0, 0.1) is 5.41 Å². The molecule has 0 N–H and O–H groups in total. The van der Waals surface area contributed by atoms with Gasteiger partial charge in [0.2, 0.25) is 0 Å². The Morgan fingerprint density at radius 2 is 1.73 bits per heavy atom. The molecule has 0 spiro atoms. The van der Waals surface area contributed by atoms with Crippen molar-refractivity contribution in [2.24, 2.45) is 5.41 Å². The monoisotopic (exact) mass is 300 g/mol. The number of hydrogen-bond acceptors (Lipinski definition) is 3. The van der Waals surface area contributed by atoms with Gasteiger partial charge in [-0.25, -0.2) is 0 Å². The Kier molecular flexibility index (Phi) is 4.74. The van der Waals surface area contributed by atoms with Crippen LogP contribution in [0.3, 0.4) is 0 Å². The fraction of sp³-hybridized carbons (Fsp3) is 0.421. The summed E-state index contributed by atoms with van der Waals surface area (Å²) in [7, 11) is 3.11. The maximum absolute atomic E-state index is 12.2. The van der Waals surface area contributed by atoms with Gasteiger partial charge in [-0.2, -0.15) is 0 Å². The van der Waals surface area contributed by atoms with Gasteiger partial charge in [0.15, 0.2) is 0 Å². The van der Waals surface area contributed by atoms with E-state index in [0.717, 1.165) is 28.5 Å². The number of carbonyl (C=O) groups excluding carboxylic acids is 1. The lowest BCUT2D eigenvalue weighted by Gasteiger charge is -2.32. The molecule has 2 rings (SSSR count). The van der Waals surface area contributed by atoms with Gasteiger partial charge < -0.3 is 9.47 Å². The van der Waals surface area contributed by atoms with Gasteiger partial charge in [-0.1, -0.05) is 31.2 Å². The van der Waals surface area contributed by atoms with Crippen molar-refractivity contribution in [2.45, 2.75) is 33.1 Å². The fourth-order valence-corrected chi connectivity index (χ4v) is 3.21. The van der Waals surface area contributed by atoms with Crippen LogP contribution in [0.4, 0.5) is 0 Å². The van der Waals surface area contributed by atoms with Gasteiger partial charge in [0.1, 0.15) is 5.75 Å². The van der Waals surface area contributed by atoms with Crippen molar-refractivity contribution in [1.82, 2.24) is 0 Å². The fourth-order valence-electron chi connectivity index (χ4n) is 3.21. The van der Waals surface area contributed by atoms with Gasteiger partial charge in [0.25, 0.3) is 0 Å². The Labute approximate surface area is 132 Å². The third-order valence-electron chi connectivity index (χ3n) is 4.46. The minimum Gasteiger partial charge on any atom is -0.496 e. The maximum Gasteiger partial charge on any atom is 0.311 e. The summed E-state index contributed by atoms with van der Waals surface area (Å²) < 4.78 is 10.6. The Hall–Kier alpha value is -2.03. The number of rotatable bonds is 5. The summed E-state index contributed by atoms with van der Waals surface area (Å²) in [4.78, 5) is 12.2. The molecule has 0 saturated heterocycles. The first-order chi connectivity index (χ1) is 10.5. The quantitative estimate of drug-likeness (QED) is 0.760. The normalized spacial score (nSPS) is 13.0. The molecule has 0 aliphatic rings. The Morgan fingerprint density at radius 3 is 2.23 bits per heavy atom. The molecule has 1 unspecified atom stereocenters. The lowest BCUT2D eigenvalue weighted by Crippen LogP contribution is -2.32. The van der Waals surface area contributed by atoms with E-state index >= 15 is 0 Å². The molecule has 0 aromatic heterocycles. The first-order valence-electron chi connectivity index (χ1n) is 7.60. The first kappa shape index (κ1) is 16.3. The predicted molar refractivity (Wildman–Crippen MR) is 89.3 cm³/mol. The van der Waals surface area contributed by atoms with Crippen LogP contribution in [0.15, 0.2) is 36.4 Å². The van der Waals surface area contributed by atoms with Crippen molar-refractivity contribution in [3.05, 3.63) is 42.0 Å². The number of fused-ring (bicyclic) bond motifs is 1. The number of hydrogen-bond donors (Lipinski definition) is 0. The predicted octanol–water partition coefficient (Wildman–Crippen LogP) is 4.54. The number of benzene rings is 2. The highest BCUT2D eigenvalue weighted by atomic mass is 16.5. The van der Waals surface area contributed by atoms with Crippen LogP contribution in [0.25, 0.3) is 10.8 Å². The molecule has 3 nitrogen and oxygen atoms in total. The highest BCUT2D eigenvalue weighted by Crippen LogP contribution is 2.44. The first-order valence-corrected chi connectivity index (χ1v) is 7.60. The highest BCUT2D eigenvalue weighted by molar-refractivity contribution is 5.86. The van der Waals surface area contributed by atoms with E-state index < -0.39 is 5.41 Å². The molecule has 22 heavy (non-hydrogen) atoms. The SMILES string of the molecule is CCC(c1cc2ccccc2cc1OC)C(C)(C)C(=O)OC. The van der Waals surface area contributed by atoms with Gasteiger partial charge in [0, 0.05) is 5.92 Å². The third-order valence-corrected chi connectivity index (χ3v) is 4.46. The zero-order chi connectivity index (χ0) is 16.3. The lowest BCUT2D eigenvalue weighted by molar-refractivity contribution is -0.152. The molecule has 2 aromatic rings. The summed E-state index contributed by atoms with van der Waals surface area (Å²) in [5.74, 6) is 0.650. The van der Waals surface area contributed by atoms with E-state index in [2.05, 4.69) is 25.1 Å². The molecular weight excluding hydrogens is 276 g/mol. The van der Waals surface area contributed by atoms with Crippen molar-refractivity contribution in [3.8, 4) is 5.75 Å². The topological polar surface area (TPSA) is 35.5 Å². The van der Waals surface area contributed by atoms with Crippen LogP contribution in [-0.4, -0.2) is 20.2 Å². The van der Waals surface area contributed by atoms with Crippen molar-refractivity contribution in [2.75, 3.05) is 14.2 Å². The summed E-state index contributed by atoms with van der Waals surface area (Å²) in [6.07, 6.45) is 0.830. The van der Waals surface area contributed by atoms with E-state index in [1.807, 2.05) is 32.0 Å². The van der Waals surface area contributed by atoms with Gasteiger partial charge in [-0.15, -0.1) is 0 Å². The second-order valence-electron chi connectivity index (χ2n) is 6.12. The van der Waals surface area contributed by atoms with E-state index in [9.17, 15) is 4.79 Å². The van der Waals surface area contributed by atoms with Crippen LogP contribution in [0.5, 0.6) is 5.75 Å². The van der Waals surface area contributed by atoms with Crippen LogP contribution < -0.4 is 4.74 Å². The largest absolute Gasteiger partial charge is 0.496 e. The molecule has 0 fully saturated rings. The van der Waals surface area contributed by atoms with E-state index in [1.54, 1.807) is 7.11 Å². The number of methoxy groups -OCH3 is 2. The van der Waals surface area contributed by atoms with E-state index in [1.165, 1.54) is 7.11 Å². The molecule has 1 atom stereocenters. The standard InChI is InChI=1S/C19H24O3/c1-6-16(19(2,3)18(20)22-5)15-11-13-9-7-8-10-14(13)12-17(15)21-4/h7-12,16H,6H2,1-5H3. The average molecular weight is 300 g/mol. The van der Waals surface area contributed by atoms with Crippen molar-refractivity contribution >= 4 is 16.7 Å². The number of ether oxygens (including phenoxy) is 2. The van der Waals surface area contributed by atoms with Crippen LogP contribution in [0.1, 0.15) is 38.7 Å². The van der Waals surface area contributed by atoms with Gasteiger partial charge in [-0.3, -0.25) is 4.79 Å². The summed E-state index contributed by atoms with van der Waals surface area (Å²) >= 11 is 0. The molecule has 0 aliphatic carbocycles. The lowest BCUT2D eigenvalue weighted by atomic mass is 9.73. The van der Waals surface area contributed by atoms with Crippen LogP contribution >= 0.6 is 0 Å². The summed E-state index contributed by atoms with van der Waals surface area (Å²) in [5, 5.41) is 2.28. The molecule has 0 radical (unpaired) electrons.